The SMILES string of the molecule is Cc1cc(N2CCN(C(=O)NCc3cccc(-n4cccn4)c3)CC2)nc(C(C)C)n1. The van der Waals surface area contributed by atoms with Gasteiger partial charge in [-0.25, -0.2) is 19.4 Å². The van der Waals surface area contributed by atoms with E-state index in [0.717, 1.165) is 41.7 Å². The molecule has 0 atom stereocenters. The van der Waals surface area contributed by atoms with E-state index in [-0.39, 0.29) is 11.9 Å². The third kappa shape index (κ3) is 5.02. The van der Waals surface area contributed by atoms with Crippen molar-refractivity contribution >= 4 is 11.8 Å². The second-order valence-corrected chi connectivity index (χ2v) is 8.13. The van der Waals surface area contributed by atoms with E-state index in [9.17, 15) is 4.79 Å². The topological polar surface area (TPSA) is 79.2 Å². The van der Waals surface area contributed by atoms with Gasteiger partial charge in [0.15, 0.2) is 0 Å². The fourth-order valence-electron chi connectivity index (χ4n) is 3.65. The molecule has 8 nitrogen and oxygen atoms in total. The molecule has 31 heavy (non-hydrogen) atoms. The van der Waals surface area contributed by atoms with E-state index in [0.29, 0.717) is 19.6 Å². The molecule has 162 valence electrons. The van der Waals surface area contributed by atoms with Gasteiger partial charge < -0.3 is 15.1 Å². The highest BCUT2D eigenvalue weighted by Crippen LogP contribution is 2.19. The molecule has 1 N–H and O–H groups in total. The van der Waals surface area contributed by atoms with Crippen LogP contribution in [0, 0.1) is 6.92 Å². The van der Waals surface area contributed by atoms with Crippen LogP contribution in [-0.2, 0) is 6.54 Å². The summed E-state index contributed by atoms with van der Waals surface area (Å²) in [4.78, 5) is 26.0. The standard InChI is InChI=1S/C23H29N7O/c1-17(2)22-26-18(3)14-21(27-22)28-10-12-29(13-11-28)23(31)24-16-19-6-4-7-20(15-19)30-9-5-8-25-30/h4-9,14-15,17H,10-13,16H2,1-3H3,(H,24,31). The molecule has 8 heteroatoms. The quantitative estimate of drug-likeness (QED) is 0.687. The molecule has 1 aliphatic rings. The average molecular weight is 420 g/mol. The number of nitrogens with one attached hydrogen (secondary N) is 1. The lowest BCUT2D eigenvalue weighted by molar-refractivity contribution is 0.194. The largest absolute Gasteiger partial charge is 0.353 e. The molecule has 4 rings (SSSR count). The molecule has 1 aromatic carbocycles. The predicted octanol–water partition coefficient (Wildman–Crippen LogP) is 3.13. The zero-order valence-corrected chi connectivity index (χ0v) is 18.3. The first kappa shape index (κ1) is 20.8. The molecule has 1 aliphatic heterocycles. The van der Waals surface area contributed by atoms with Gasteiger partial charge >= 0.3 is 6.03 Å². The summed E-state index contributed by atoms with van der Waals surface area (Å²) in [5.41, 5.74) is 3.00. The molecular weight excluding hydrogens is 390 g/mol. The molecule has 3 heterocycles. The number of aromatic nitrogens is 4. The number of piperazine rings is 1. The summed E-state index contributed by atoms with van der Waals surface area (Å²) in [6.07, 6.45) is 3.65. The number of carbonyl (C=O) groups excluding carboxylic acids is 1. The Morgan fingerprint density at radius 1 is 1.10 bits per heavy atom. The Morgan fingerprint density at radius 2 is 1.90 bits per heavy atom. The lowest BCUT2D eigenvalue weighted by atomic mass is 10.2. The fraction of sp³-hybridized carbons (Fsp3) is 0.391. The summed E-state index contributed by atoms with van der Waals surface area (Å²) in [5, 5.41) is 7.30. The molecule has 0 aliphatic carbocycles. The molecule has 2 amide bonds. The number of benzene rings is 1. The van der Waals surface area contributed by atoms with Crippen molar-refractivity contribution in [3.05, 3.63) is 65.9 Å². The number of amides is 2. The Bertz CT molecular complexity index is 1020. The zero-order chi connectivity index (χ0) is 21.8. The summed E-state index contributed by atoms with van der Waals surface area (Å²) in [6, 6.07) is 11.9. The van der Waals surface area contributed by atoms with Crippen molar-refractivity contribution in [2.45, 2.75) is 33.2 Å². The van der Waals surface area contributed by atoms with Crippen LogP contribution in [-0.4, -0.2) is 56.9 Å². The van der Waals surface area contributed by atoms with Crippen molar-refractivity contribution in [2.75, 3.05) is 31.1 Å². The number of hydrogen-bond acceptors (Lipinski definition) is 5. The van der Waals surface area contributed by atoms with E-state index in [1.165, 1.54) is 0 Å². The lowest BCUT2D eigenvalue weighted by Gasteiger charge is -2.35. The Balaban J connectivity index is 1.31. The summed E-state index contributed by atoms with van der Waals surface area (Å²) in [5.74, 6) is 2.11. The molecule has 2 aromatic heterocycles. The van der Waals surface area contributed by atoms with Gasteiger partial charge in [0.25, 0.3) is 0 Å². The molecule has 0 spiro atoms. The lowest BCUT2D eigenvalue weighted by Crippen LogP contribution is -2.52. The molecule has 0 saturated carbocycles. The number of aryl methyl sites for hydroxylation is 1. The van der Waals surface area contributed by atoms with Crippen LogP contribution in [0.25, 0.3) is 5.69 Å². The van der Waals surface area contributed by atoms with Crippen LogP contribution < -0.4 is 10.2 Å². The second kappa shape index (κ2) is 9.16. The summed E-state index contributed by atoms with van der Waals surface area (Å²) in [7, 11) is 0. The Labute approximate surface area is 182 Å². The highest BCUT2D eigenvalue weighted by atomic mass is 16.2. The molecular formula is C23H29N7O. The van der Waals surface area contributed by atoms with E-state index in [4.69, 9.17) is 4.98 Å². The average Bonchev–Trinajstić information content (AvgIpc) is 3.32. The Morgan fingerprint density at radius 3 is 2.61 bits per heavy atom. The minimum absolute atomic E-state index is 0.0362. The maximum atomic E-state index is 12.7. The molecule has 0 bridgehead atoms. The predicted molar refractivity (Wildman–Crippen MR) is 120 cm³/mol. The van der Waals surface area contributed by atoms with Gasteiger partial charge in [-0.2, -0.15) is 5.10 Å². The fourth-order valence-corrected chi connectivity index (χ4v) is 3.65. The van der Waals surface area contributed by atoms with Crippen LogP contribution in [0.3, 0.4) is 0 Å². The van der Waals surface area contributed by atoms with Crippen LogP contribution >= 0.6 is 0 Å². The van der Waals surface area contributed by atoms with E-state index >= 15 is 0 Å². The normalized spacial score (nSPS) is 14.2. The van der Waals surface area contributed by atoms with Crippen LogP contribution in [0.15, 0.2) is 48.8 Å². The van der Waals surface area contributed by atoms with Crippen molar-refractivity contribution < 1.29 is 4.79 Å². The van der Waals surface area contributed by atoms with E-state index in [1.54, 1.807) is 6.20 Å². The van der Waals surface area contributed by atoms with Crippen molar-refractivity contribution in [2.24, 2.45) is 0 Å². The van der Waals surface area contributed by atoms with Crippen LogP contribution in [0.1, 0.15) is 36.8 Å². The van der Waals surface area contributed by atoms with Gasteiger partial charge in [0.05, 0.1) is 5.69 Å². The van der Waals surface area contributed by atoms with Gasteiger partial charge in [-0.15, -0.1) is 0 Å². The Hall–Kier alpha value is -3.42. The minimum Gasteiger partial charge on any atom is -0.353 e. The maximum Gasteiger partial charge on any atom is 0.317 e. The molecule has 3 aromatic rings. The first-order chi connectivity index (χ1) is 15.0. The van der Waals surface area contributed by atoms with Gasteiger partial charge in [0.2, 0.25) is 0 Å². The van der Waals surface area contributed by atoms with Gasteiger partial charge in [0, 0.05) is 62.8 Å². The second-order valence-electron chi connectivity index (χ2n) is 8.13. The first-order valence-corrected chi connectivity index (χ1v) is 10.7. The van der Waals surface area contributed by atoms with Gasteiger partial charge in [-0.1, -0.05) is 26.0 Å². The summed E-state index contributed by atoms with van der Waals surface area (Å²) < 4.78 is 1.81. The van der Waals surface area contributed by atoms with E-state index in [1.807, 2.05) is 59.1 Å². The third-order valence-corrected chi connectivity index (χ3v) is 5.39. The number of urea groups is 1. The Kier molecular flexibility index (Phi) is 6.16. The maximum absolute atomic E-state index is 12.7. The number of hydrogen-bond donors (Lipinski definition) is 1. The van der Waals surface area contributed by atoms with Gasteiger partial charge in [-0.3, -0.25) is 0 Å². The highest BCUT2D eigenvalue weighted by molar-refractivity contribution is 5.74. The number of nitrogens with zero attached hydrogens (tertiary/aromatic N) is 6. The zero-order valence-electron chi connectivity index (χ0n) is 18.3. The monoisotopic (exact) mass is 419 g/mol. The molecule has 0 radical (unpaired) electrons. The van der Waals surface area contributed by atoms with E-state index < -0.39 is 0 Å². The number of carbonyl (C=O) groups is 1. The van der Waals surface area contributed by atoms with Crippen molar-refractivity contribution in [3.8, 4) is 5.69 Å². The third-order valence-electron chi connectivity index (χ3n) is 5.39. The number of anilines is 1. The molecule has 1 fully saturated rings. The molecule has 1 saturated heterocycles. The smallest absolute Gasteiger partial charge is 0.317 e. The van der Waals surface area contributed by atoms with Crippen LogP contribution in [0.5, 0.6) is 0 Å². The summed E-state index contributed by atoms with van der Waals surface area (Å²) in [6.45, 7) is 9.54. The van der Waals surface area contributed by atoms with Gasteiger partial charge in [0.1, 0.15) is 11.6 Å². The van der Waals surface area contributed by atoms with Crippen LogP contribution in [0.2, 0.25) is 0 Å². The van der Waals surface area contributed by atoms with Crippen LogP contribution in [0.4, 0.5) is 10.6 Å². The first-order valence-electron chi connectivity index (χ1n) is 10.7. The summed E-state index contributed by atoms with van der Waals surface area (Å²) >= 11 is 0. The van der Waals surface area contributed by atoms with Crippen molar-refractivity contribution in [1.29, 1.82) is 0 Å². The van der Waals surface area contributed by atoms with Crippen molar-refractivity contribution in [3.63, 3.8) is 0 Å². The van der Waals surface area contributed by atoms with E-state index in [2.05, 4.69) is 34.1 Å². The van der Waals surface area contributed by atoms with Crippen molar-refractivity contribution in [1.82, 2.24) is 30.0 Å². The molecule has 0 unspecified atom stereocenters. The minimum atomic E-state index is -0.0362. The highest BCUT2D eigenvalue weighted by Gasteiger charge is 2.22. The number of rotatable bonds is 5. The van der Waals surface area contributed by atoms with Gasteiger partial charge in [-0.05, 0) is 30.7 Å².